The van der Waals surface area contributed by atoms with E-state index >= 15 is 0 Å². The molecule has 20 heavy (non-hydrogen) atoms. The second-order valence-electron chi connectivity index (χ2n) is 5.69. The van der Waals surface area contributed by atoms with Crippen LogP contribution in [0.25, 0.3) is 0 Å². The molecule has 1 unspecified atom stereocenters. The van der Waals surface area contributed by atoms with Crippen molar-refractivity contribution < 1.29 is 0 Å². The van der Waals surface area contributed by atoms with Gasteiger partial charge in [-0.15, -0.1) is 0 Å². The predicted octanol–water partition coefficient (Wildman–Crippen LogP) is 1.23. The van der Waals surface area contributed by atoms with Gasteiger partial charge in [-0.05, 0) is 18.5 Å². The number of anilines is 1. The summed E-state index contributed by atoms with van der Waals surface area (Å²) in [4.78, 5) is 13.6. The standard InChI is InChI=1S/C15H27N5/c1-4-16-12-14(13(2)3)19-8-10-20(11-9-19)15-17-6-5-7-18-15/h5-7,13-14,16H,4,8-12H2,1-3H3. The molecule has 1 aromatic rings. The van der Waals surface area contributed by atoms with E-state index in [9.17, 15) is 0 Å². The zero-order valence-corrected chi connectivity index (χ0v) is 12.9. The first-order valence-electron chi connectivity index (χ1n) is 7.69. The van der Waals surface area contributed by atoms with Crippen LogP contribution < -0.4 is 10.2 Å². The average Bonchev–Trinajstić information content (AvgIpc) is 2.49. The molecule has 0 spiro atoms. The third kappa shape index (κ3) is 3.90. The van der Waals surface area contributed by atoms with Gasteiger partial charge in [-0.2, -0.15) is 0 Å². The van der Waals surface area contributed by atoms with Gasteiger partial charge in [0.2, 0.25) is 5.95 Å². The van der Waals surface area contributed by atoms with Crippen molar-refractivity contribution in [3.63, 3.8) is 0 Å². The van der Waals surface area contributed by atoms with E-state index in [1.165, 1.54) is 0 Å². The molecule has 1 N–H and O–H groups in total. The van der Waals surface area contributed by atoms with Gasteiger partial charge in [0, 0.05) is 51.2 Å². The van der Waals surface area contributed by atoms with E-state index in [1.54, 1.807) is 0 Å². The molecule has 1 atom stereocenters. The van der Waals surface area contributed by atoms with E-state index in [-0.39, 0.29) is 0 Å². The average molecular weight is 277 g/mol. The van der Waals surface area contributed by atoms with Gasteiger partial charge < -0.3 is 10.2 Å². The number of likely N-dealkylation sites (N-methyl/N-ethyl adjacent to an activating group) is 1. The van der Waals surface area contributed by atoms with E-state index in [4.69, 9.17) is 0 Å². The Hall–Kier alpha value is -1.20. The summed E-state index contributed by atoms with van der Waals surface area (Å²) in [5, 5.41) is 3.49. The highest BCUT2D eigenvalue weighted by atomic mass is 15.3. The van der Waals surface area contributed by atoms with Crippen LogP contribution in [-0.2, 0) is 0 Å². The van der Waals surface area contributed by atoms with Gasteiger partial charge in [-0.1, -0.05) is 20.8 Å². The van der Waals surface area contributed by atoms with Gasteiger partial charge in [-0.3, -0.25) is 4.90 Å². The molecule has 0 aromatic carbocycles. The fourth-order valence-electron chi connectivity index (χ4n) is 2.79. The van der Waals surface area contributed by atoms with Gasteiger partial charge in [0.1, 0.15) is 0 Å². The Bertz CT molecular complexity index is 373. The number of rotatable bonds is 6. The Kier molecular flexibility index (Phi) is 5.73. The molecule has 1 aromatic heterocycles. The minimum absolute atomic E-state index is 0.619. The highest BCUT2D eigenvalue weighted by molar-refractivity contribution is 5.29. The van der Waals surface area contributed by atoms with Crippen LogP contribution in [0.2, 0.25) is 0 Å². The molecular formula is C15H27N5. The number of nitrogens with one attached hydrogen (secondary N) is 1. The predicted molar refractivity (Wildman–Crippen MR) is 83.0 cm³/mol. The molecule has 1 aliphatic heterocycles. The van der Waals surface area contributed by atoms with Crippen LogP contribution >= 0.6 is 0 Å². The molecule has 0 bridgehead atoms. The summed E-state index contributed by atoms with van der Waals surface area (Å²) < 4.78 is 0. The number of aromatic nitrogens is 2. The fourth-order valence-corrected chi connectivity index (χ4v) is 2.79. The third-order valence-corrected chi connectivity index (χ3v) is 3.99. The van der Waals surface area contributed by atoms with E-state index in [0.29, 0.717) is 12.0 Å². The van der Waals surface area contributed by atoms with Crippen molar-refractivity contribution in [1.29, 1.82) is 0 Å². The summed E-state index contributed by atoms with van der Waals surface area (Å²) in [6, 6.07) is 2.49. The van der Waals surface area contributed by atoms with E-state index in [0.717, 1.165) is 45.2 Å². The number of hydrogen-bond acceptors (Lipinski definition) is 5. The Labute approximate surface area is 122 Å². The lowest BCUT2D eigenvalue weighted by atomic mass is 10.0. The molecule has 1 fully saturated rings. The monoisotopic (exact) mass is 277 g/mol. The van der Waals surface area contributed by atoms with Crippen molar-refractivity contribution in [2.75, 3.05) is 44.2 Å². The molecule has 112 valence electrons. The summed E-state index contributed by atoms with van der Waals surface area (Å²) in [6.07, 6.45) is 3.63. The largest absolute Gasteiger partial charge is 0.338 e. The highest BCUT2D eigenvalue weighted by Crippen LogP contribution is 2.15. The molecule has 1 aliphatic rings. The quantitative estimate of drug-likeness (QED) is 0.847. The minimum atomic E-state index is 0.619. The maximum absolute atomic E-state index is 4.34. The molecule has 0 amide bonds. The molecule has 5 heteroatoms. The van der Waals surface area contributed by atoms with Gasteiger partial charge >= 0.3 is 0 Å². The van der Waals surface area contributed by atoms with Crippen molar-refractivity contribution in [2.24, 2.45) is 5.92 Å². The Balaban J connectivity index is 1.89. The Morgan fingerprint density at radius 3 is 2.35 bits per heavy atom. The van der Waals surface area contributed by atoms with E-state index in [2.05, 4.69) is 45.9 Å². The number of hydrogen-bond donors (Lipinski definition) is 1. The topological polar surface area (TPSA) is 44.3 Å². The molecule has 0 aliphatic carbocycles. The lowest BCUT2D eigenvalue weighted by Crippen LogP contribution is -2.54. The van der Waals surface area contributed by atoms with Crippen molar-refractivity contribution in [3.05, 3.63) is 18.5 Å². The maximum atomic E-state index is 4.34. The summed E-state index contributed by atoms with van der Waals surface area (Å²) in [7, 11) is 0. The van der Waals surface area contributed by atoms with E-state index < -0.39 is 0 Å². The van der Waals surface area contributed by atoms with Gasteiger partial charge in [-0.25, -0.2) is 9.97 Å². The molecule has 0 radical (unpaired) electrons. The van der Waals surface area contributed by atoms with Crippen LogP contribution in [0.4, 0.5) is 5.95 Å². The van der Waals surface area contributed by atoms with Gasteiger partial charge in [0.25, 0.3) is 0 Å². The highest BCUT2D eigenvalue weighted by Gasteiger charge is 2.26. The molecule has 2 rings (SSSR count). The first kappa shape index (κ1) is 15.2. The molecule has 2 heterocycles. The summed E-state index contributed by atoms with van der Waals surface area (Å²) in [5.41, 5.74) is 0. The zero-order valence-electron chi connectivity index (χ0n) is 12.9. The molecule has 5 nitrogen and oxygen atoms in total. The third-order valence-electron chi connectivity index (χ3n) is 3.99. The molecule has 1 saturated heterocycles. The van der Waals surface area contributed by atoms with Crippen LogP contribution in [0, 0.1) is 5.92 Å². The molecular weight excluding hydrogens is 250 g/mol. The van der Waals surface area contributed by atoms with Gasteiger partial charge in [0.15, 0.2) is 0 Å². The lowest BCUT2D eigenvalue weighted by molar-refractivity contribution is 0.143. The number of piperazine rings is 1. The number of nitrogens with zero attached hydrogens (tertiary/aromatic N) is 4. The van der Waals surface area contributed by atoms with Crippen LogP contribution in [0.1, 0.15) is 20.8 Å². The smallest absolute Gasteiger partial charge is 0.225 e. The first-order chi connectivity index (χ1) is 9.72. The summed E-state index contributed by atoms with van der Waals surface area (Å²) >= 11 is 0. The van der Waals surface area contributed by atoms with Gasteiger partial charge in [0.05, 0.1) is 0 Å². The van der Waals surface area contributed by atoms with Crippen LogP contribution in [0.15, 0.2) is 18.5 Å². The molecule has 0 saturated carbocycles. The minimum Gasteiger partial charge on any atom is -0.338 e. The van der Waals surface area contributed by atoms with E-state index in [1.807, 2.05) is 18.5 Å². The summed E-state index contributed by atoms with van der Waals surface area (Å²) in [6.45, 7) is 13.1. The normalized spacial score (nSPS) is 18.5. The SMILES string of the molecule is CCNCC(C(C)C)N1CCN(c2ncccn2)CC1. The van der Waals surface area contributed by atoms with Crippen molar-refractivity contribution in [3.8, 4) is 0 Å². The Morgan fingerprint density at radius 2 is 1.80 bits per heavy atom. The summed E-state index contributed by atoms with van der Waals surface area (Å²) in [5.74, 6) is 1.54. The Morgan fingerprint density at radius 1 is 1.15 bits per heavy atom. The van der Waals surface area contributed by atoms with Crippen molar-refractivity contribution >= 4 is 5.95 Å². The first-order valence-corrected chi connectivity index (χ1v) is 7.69. The van der Waals surface area contributed by atoms with Crippen LogP contribution in [0.5, 0.6) is 0 Å². The van der Waals surface area contributed by atoms with Crippen LogP contribution in [-0.4, -0.2) is 60.2 Å². The van der Waals surface area contributed by atoms with Crippen molar-refractivity contribution in [1.82, 2.24) is 20.2 Å². The second kappa shape index (κ2) is 7.55. The van der Waals surface area contributed by atoms with Crippen molar-refractivity contribution in [2.45, 2.75) is 26.8 Å². The lowest BCUT2D eigenvalue weighted by Gasteiger charge is -2.41. The van der Waals surface area contributed by atoms with Crippen LogP contribution in [0.3, 0.4) is 0 Å². The second-order valence-corrected chi connectivity index (χ2v) is 5.69. The zero-order chi connectivity index (χ0) is 14.4. The fraction of sp³-hybridized carbons (Fsp3) is 0.733. The maximum Gasteiger partial charge on any atom is 0.225 e.